The van der Waals surface area contributed by atoms with Gasteiger partial charge in [0.25, 0.3) is 0 Å². The molecule has 0 fully saturated rings. The minimum absolute atomic E-state index is 0.0417. The van der Waals surface area contributed by atoms with Gasteiger partial charge in [0, 0.05) is 39.6 Å². The van der Waals surface area contributed by atoms with Crippen LogP contribution in [0.25, 0.3) is 0 Å². The number of anilines is 3. The zero-order valence-corrected chi connectivity index (χ0v) is 27.0. The average Bonchev–Trinajstić information content (AvgIpc) is 2.85. The molecule has 0 saturated carbocycles. The van der Waals surface area contributed by atoms with Gasteiger partial charge in [-0.3, -0.25) is 0 Å². The van der Waals surface area contributed by atoms with Crippen molar-refractivity contribution in [2.45, 2.75) is 83.1 Å². The zero-order valence-electron chi connectivity index (χ0n) is 27.0. The van der Waals surface area contributed by atoms with Gasteiger partial charge in [-0.15, -0.1) is 0 Å². The molecule has 12 nitrogen and oxygen atoms in total. The molecule has 0 aliphatic carbocycles. The van der Waals surface area contributed by atoms with Crippen LogP contribution in [0.2, 0.25) is 0 Å². The van der Waals surface area contributed by atoms with Gasteiger partial charge >= 0.3 is 0 Å². The van der Waals surface area contributed by atoms with Crippen LogP contribution in [0.15, 0.2) is 0 Å². The lowest BCUT2D eigenvalue weighted by Gasteiger charge is -1.93. The monoisotopic (exact) mass is 571 g/mol. The Labute approximate surface area is 239 Å². The quantitative estimate of drug-likeness (QED) is 0.239. The maximum Gasteiger partial charge on any atom is 0.226 e. The number of aromatic nitrogens is 3. The Morgan fingerprint density at radius 2 is 0.436 bits per heavy atom. The van der Waals surface area contributed by atoms with E-state index in [1.807, 2.05) is 83.1 Å². The average molecular weight is 571 g/mol. The first-order chi connectivity index (χ1) is 17.8. The molecule has 0 aromatic carbocycles. The van der Waals surface area contributed by atoms with E-state index in [1.54, 1.807) is 0 Å². The van der Waals surface area contributed by atoms with Gasteiger partial charge in [-0.1, -0.05) is 83.1 Å². The maximum atomic E-state index is 8.14. The second-order valence-corrected chi connectivity index (χ2v) is 10.9. The number of nitrogens with two attached hydrogens (primary N) is 3. The SMILES string of the molecule is CC(C)CO.CC(C)CO.CC(C)CO.CC(C)CO.CC(C)CO.CC(C)CO.Nc1nc(N)nc(N)n1. The minimum atomic E-state index is 0.0417. The van der Waals surface area contributed by atoms with E-state index in [0.717, 1.165) is 0 Å². The predicted octanol–water partition coefficient (Wildman–Crippen LogP) is 2.43. The fourth-order valence-corrected chi connectivity index (χ4v) is 0.427. The normalized spacial score (nSPS) is 9.54. The van der Waals surface area contributed by atoms with Gasteiger partial charge < -0.3 is 47.8 Å². The summed E-state index contributed by atoms with van der Waals surface area (Å²) in [7, 11) is 0. The lowest BCUT2D eigenvalue weighted by atomic mass is 10.2. The van der Waals surface area contributed by atoms with Gasteiger partial charge in [0.15, 0.2) is 0 Å². The Morgan fingerprint density at radius 1 is 0.359 bits per heavy atom. The van der Waals surface area contributed by atoms with Gasteiger partial charge in [0.05, 0.1) is 0 Å². The molecule has 12 N–H and O–H groups in total. The first-order valence-electron chi connectivity index (χ1n) is 13.5. The fourth-order valence-electron chi connectivity index (χ4n) is 0.427. The predicted molar refractivity (Wildman–Crippen MR) is 165 cm³/mol. The van der Waals surface area contributed by atoms with Crippen LogP contribution in [0.3, 0.4) is 0 Å². The second kappa shape index (κ2) is 38.3. The minimum Gasteiger partial charge on any atom is -0.396 e. The molecule has 0 atom stereocenters. The van der Waals surface area contributed by atoms with Gasteiger partial charge in [0.1, 0.15) is 0 Å². The molecule has 0 aliphatic rings. The van der Waals surface area contributed by atoms with E-state index in [-0.39, 0.29) is 17.8 Å². The lowest BCUT2D eigenvalue weighted by Crippen LogP contribution is -2.05. The van der Waals surface area contributed by atoms with Crippen LogP contribution in [0, 0.1) is 35.5 Å². The number of aliphatic hydroxyl groups is 6. The third-order valence-electron chi connectivity index (χ3n) is 2.88. The third-order valence-corrected chi connectivity index (χ3v) is 2.88. The molecule has 1 aromatic rings. The van der Waals surface area contributed by atoms with E-state index >= 15 is 0 Å². The molecule has 0 unspecified atom stereocenters. The van der Waals surface area contributed by atoms with Crippen LogP contribution in [0.4, 0.5) is 17.8 Å². The summed E-state index contributed by atoms with van der Waals surface area (Å²) in [6, 6.07) is 0. The second-order valence-electron chi connectivity index (χ2n) is 10.9. The highest BCUT2D eigenvalue weighted by molar-refractivity contribution is 5.33. The van der Waals surface area contributed by atoms with Crippen molar-refractivity contribution in [3.05, 3.63) is 0 Å². The Bertz CT molecular complexity index is 451. The summed E-state index contributed by atoms with van der Waals surface area (Å²) in [4.78, 5) is 10.5. The smallest absolute Gasteiger partial charge is 0.226 e. The lowest BCUT2D eigenvalue weighted by molar-refractivity contribution is 0.248. The van der Waals surface area contributed by atoms with E-state index < -0.39 is 0 Å². The summed E-state index contributed by atoms with van der Waals surface area (Å²) in [5.41, 5.74) is 15.4. The molecular formula is C27H66N6O6. The van der Waals surface area contributed by atoms with Crippen molar-refractivity contribution in [1.82, 2.24) is 15.0 Å². The standard InChI is InChI=1S/6C4H10O.C3H6N6/c6*1-4(2)3-5;4-1-7-2(5)9-3(6)8-1/h6*4-5H,3H2,1-2H3;(H6,4,5,6,7,8,9). The first kappa shape index (κ1) is 50.1. The number of hydrogen-bond donors (Lipinski definition) is 9. The molecule has 0 saturated heterocycles. The van der Waals surface area contributed by atoms with Crippen molar-refractivity contribution in [2.24, 2.45) is 35.5 Å². The number of aliphatic hydroxyl groups excluding tert-OH is 6. The molecule has 1 aromatic heterocycles. The van der Waals surface area contributed by atoms with Crippen LogP contribution in [-0.4, -0.2) is 85.2 Å². The van der Waals surface area contributed by atoms with Crippen molar-refractivity contribution < 1.29 is 30.6 Å². The largest absolute Gasteiger partial charge is 0.396 e. The van der Waals surface area contributed by atoms with Gasteiger partial charge in [-0.05, 0) is 35.5 Å². The number of hydrogen-bond acceptors (Lipinski definition) is 12. The molecule has 0 amide bonds. The van der Waals surface area contributed by atoms with Gasteiger partial charge in [-0.25, -0.2) is 0 Å². The highest BCUT2D eigenvalue weighted by Gasteiger charge is 1.94. The van der Waals surface area contributed by atoms with Gasteiger partial charge in [0.2, 0.25) is 17.8 Å². The molecule has 39 heavy (non-hydrogen) atoms. The summed E-state index contributed by atoms with van der Waals surface area (Å²) in [6.45, 7) is 25.5. The van der Waals surface area contributed by atoms with Crippen molar-refractivity contribution in [3.8, 4) is 0 Å². The molecule has 0 spiro atoms. The van der Waals surface area contributed by atoms with Gasteiger partial charge in [-0.2, -0.15) is 15.0 Å². The highest BCUT2D eigenvalue weighted by atomic mass is 16.3. The fraction of sp³-hybridized carbons (Fsp3) is 0.889. The zero-order chi connectivity index (χ0) is 32.6. The third kappa shape index (κ3) is 85.9. The van der Waals surface area contributed by atoms with Crippen LogP contribution in [0.1, 0.15) is 83.1 Å². The highest BCUT2D eigenvalue weighted by Crippen LogP contribution is 1.97. The molecule has 0 bridgehead atoms. The molecular weight excluding hydrogens is 504 g/mol. The van der Waals surface area contributed by atoms with E-state index in [2.05, 4.69) is 15.0 Å². The first-order valence-corrected chi connectivity index (χ1v) is 13.5. The summed E-state index contributed by atoms with van der Waals surface area (Å²) < 4.78 is 0. The van der Waals surface area contributed by atoms with Crippen molar-refractivity contribution in [3.63, 3.8) is 0 Å². The summed E-state index contributed by atoms with van der Waals surface area (Å²) in [6.07, 6.45) is 0. The van der Waals surface area contributed by atoms with E-state index in [0.29, 0.717) is 75.1 Å². The maximum absolute atomic E-state index is 8.14. The number of nitrogen functional groups attached to an aromatic ring is 3. The van der Waals surface area contributed by atoms with Crippen LogP contribution in [-0.2, 0) is 0 Å². The van der Waals surface area contributed by atoms with E-state index in [9.17, 15) is 0 Å². The molecule has 12 heteroatoms. The summed E-state index contributed by atoms with van der Waals surface area (Å²) in [5, 5.41) is 48.9. The molecule has 0 radical (unpaired) electrons. The Hall–Kier alpha value is -1.83. The van der Waals surface area contributed by atoms with E-state index in [4.69, 9.17) is 47.8 Å². The van der Waals surface area contributed by atoms with Crippen molar-refractivity contribution >= 4 is 17.8 Å². The molecule has 1 heterocycles. The van der Waals surface area contributed by atoms with E-state index in [1.165, 1.54) is 0 Å². The summed E-state index contributed by atoms with van der Waals surface area (Å²) in [5.74, 6) is 2.76. The number of nitrogens with zero attached hydrogens (tertiary/aromatic N) is 3. The molecule has 240 valence electrons. The molecule has 1 rings (SSSR count). The Morgan fingerprint density at radius 3 is 0.487 bits per heavy atom. The van der Waals surface area contributed by atoms with Crippen molar-refractivity contribution in [2.75, 3.05) is 56.8 Å². The molecule has 0 aliphatic heterocycles. The van der Waals surface area contributed by atoms with Crippen molar-refractivity contribution in [1.29, 1.82) is 0 Å². The van der Waals surface area contributed by atoms with Crippen LogP contribution in [0.5, 0.6) is 0 Å². The Kier molecular flexibility index (Phi) is 49.2. The number of rotatable bonds is 6. The Balaban J connectivity index is -0.0000000830. The summed E-state index contributed by atoms with van der Waals surface area (Å²) >= 11 is 0. The topological polar surface area (TPSA) is 238 Å². The van der Waals surface area contributed by atoms with Crippen LogP contribution < -0.4 is 17.2 Å². The van der Waals surface area contributed by atoms with Crippen LogP contribution >= 0.6 is 0 Å².